The van der Waals surface area contributed by atoms with Gasteiger partial charge in [0.05, 0.1) is 6.54 Å². The number of aryl methyl sites for hydroxylation is 1. The molecule has 1 aliphatic rings. The molecular formula is C16H28N4O2. The number of nitrogens with zero attached hydrogens (tertiary/aromatic N) is 3. The first-order chi connectivity index (χ1) is 10.6. The zero-order valence-corrected chi connectivity index (χ0v) is 14.0. The normalized spacial score (nSPS) is 19.5. The first-order valence-corrected chi connectivity index (χ1v) is 8.40. The van der Waals surface area contributed by atoms with E-state index in [-0.39, 0.29) is 11.8 Å². The van der Waals surface area contributed by atoms with E-state index in [1.807, 2.05) is 13.8 Å². The molecule has 0 aliphatic carbocycles. The molecule has 0 saturated carbocycles. The fraction of sp³-hybridized carbons (Fsp3) is 0.812. The monoisotopic (exact) mass is 308 g/mol. The van der Waals surface area contributed by atoms with Crippen LogP contribution in [0.4, 0.5) is 0 Å². The zero-order chi connectivity index (χ0) is 15.9. The van der Waals surface area contributed by atoms with Crippen molar-refractivity contribution >= 4 is 5.91 Å². The van der Waals surface area contributed by atoms with Gasteiger partial charge in [0, 0.05) is 25.4 Å². The van der Waals surface area contributed by atoms with Gasteiger partial charge in [0.1, 0.15) is 0 Å². The molecule has 0 aromatic carbocycles. The van der Waals surface area contributed by atoms with E-state index < -0.39 is 0 Å². The largest absolute Gasteiger partial charge is 0.356 e. The molecule has 1 amide bonds. The topological polar surface area (TPSA) is 71.3 Å². The van der Waals surface area contributed by atoms with Crippen molar-refractivity contribution in [3.63, 3.8) is 0 Å². The molecule has 1 unspecified atom stereocenters. The average molecular weight is 308 g/mol. The molecule has 0 bridgehead atoms. The second kappa shape index (κ2) is 8.27. The van der Waals surface area contributed by atoms with Crippen LogP contribution in [0.25, 0.3) is 0 Å². The summed E-state index contributed by atoms with van der Waals surface area (Å²) in [5.74, 6) is 2.21. The smallest absolute Gasteiger partial charge is 0.226 e. The van der Waals surface area contributed by atoms with Gasteiger partial charge in [0.25, 0.3) is 0 Å². The lowest BCUT2D eigenvalue weighted by Gasteiger charge is -2.32. The van der Waals surface area contributed by atoms with E-state index >= 15 is 0 Å². The first kappa shape index (κ1) is 16.9. The Morgan fingerprint density at radius 2 is 2.32 bits per heavy atom. The first-order valence-electron chi connectivity index (χ1n) is 8.40. The third-order valence-corrected chi connectivity index (χ3v) is 4.03. The van der Waals surface area contributed by atoms with Gasteiger partial charge in [-0.25, -0.2) is 0 Å². The fourth-order valence-electron chi connectivity index (χ4n) is 2.78. The summed E-state index contributed by atoms with van der Waals surface area (Å²) in [6.45, 7) is 9.49. The number of carbonyl (C=O) groups is 1. The van der Waals surface area contributed by atoms with Gasteiger partial charge < -0.3 is 9.84 Å². The SMILES string of the molecule is CCCc1nc(CN2CCCC(CNC(=O)C(C)C)C2)no1. The number of piperidine rings is 1. The molecule has 1 N–H and O–H groups in total. The van der Waals surface area contributed by atoms with E-state index in [1.54, 1.807) is 0 Å². The highest BCUT2D eigenvalue weighted by atomic mass is 16.5. The average Bonchev–Trinajstić information content (AvgIpc) is 2.92. The molecule has 1 fully saturated rings. The molecule has 1 atom stereocenters. The Kier molecular flexibility index (Phi) is 6.36. The lowest BCUT2D eigenvalue weighted by Crippen LogP contribution is -2.41. The minimum Gasteiger partial charge on any atom is -0.356 e. The Hall–Kier alpha value is -1.43. The predicted molar refractivity (Wildman–Crippen MR) is 84.1 cm³/mol. The summed E-state index contributed by atoms with van der Waals surface area (Å²) in [6.07, 6.45) is 4.18. The van der Waals surface area contributed by atoms with E-state index in [0.717, 1.165) is 57.2 Å². The quantitative estimate of drug-likeness (QED) is 0.834. The van der Waals surface area contributed by atoms with E-state index in [4.69, 9.17) is 4.52 Å². The molecule has 1 aromatic rings. The van der Waals surface area contributed by atoms with Gasteiger partial charge in [-0.1, -0.05) is 25.9 Å². The lowest BCUT2D eigenvalue weighted by atomic mass is 9.97. The van der Waals surface area contributed by atoms with Crippen LogP contribution in [0.5, 0.6) is 0 Å². The van der Waals surface area contributed by atoms with Gasteiger partial charge in [0.15, 0.2) is 5.82 Å². The molecule has 0 radical (unpaired) electrons. The number of amides is 1. The third-order valence-electron chi connectivity index (χ3n) is 4.03. The van der Waals surface area contributed by atoms with Crippen LogP contribution in [0.1, 0.15) is 51.7 Å². The lowest BCUT2D eigenvalue weighted by molar-refractivity contribution is -0.124. The molecular weight excluding hydrogens is 280 g/mol. The highest BCUT2D eigenvalue weighted by Crippen LogP contribution is 2.17. The van der Waals surface area contributed by atoms with E-state index in [1.165, 1.54) is 6.42 Å². The van der Waals surface area contributed by atoms with Gasteiger partial charge in [-0.15, -0.1) is 0 Å². The summed E-state index contributed by atoms with van der Waals surface area (Å²) in [4.78, 5) is 18.4. The van der Waals surface area contributed by atoms with Crippen LogP contribution in [-0.2, 0) is 17.8 Å². The van der Waals surface area contributed by atoms with Crippen LogP contribution in [0.15, 0.2) is 4.52 Å². The zero-order valence-electron chi connectivity index (χ0n) is 14.0. The number of aromatic nitrogens is 2. The van der Waals surface area contributed by atoms with E-state index in [2.05, 4.69) is 27.3 Å². The minimum absolute atomic E-state index is 0.0519. The number of nitrogens with one attached hydrogen (secondary N) is 1. The predicted octanol–water partition coefficient (Wildman–Crippen LogP) is 2.01. The highest BCUT2D eigenvalue weighted by Gasteiger charge is 2.22. The van der Waals surface area contributed by atoms with Crippen LogP contribution in [0.3, 0.4) is 0 Å². The molecule has 6 nitrogen and oxygen atoms in total. The van der Waals surface area contributed by atoms with Crippen molar-refractivity contribution in [3.8, 4) is 0 Å². The Morgan fingerprint density at radius 1 is 1.50 bits per heavy atom. The van der Waals surface area contributed by atoms with Gasteiger partial charge in [-0.05, 0) is 31.7 Å². The summed E-state index contributed by atoms with van der Waals surface area (Å²) in [7, 11) is 0. The molecule has 22 heavy (non-hydrogen) atoms. The third kappa shape index (κ3) is 5.09. The Labute approximate surface area is 132 Å². The van der Waals surface area contributed by atoms with Crippen molar-refractivity contribution in [2.24, 2.45) is 11.8 Å². The van der Waals surface area contributed by atoms with Gasteiger partial charge >= 0.3 is 0 Å². The van der Waals surface area contributed by atoms with Crippen molar-refractivity contribution < 1.29 is 9.32 Å². The molecule has 0 spiro atoms. The minimum atomic E-state index is 0.0519. The van der Waals surface area contributed by atoms with Crippen molar-refractivity contribution in [2.75, 3.05) is 19.6 Å². The maximum atomic E-state index is 11.7. The molecule has 6 heteroatoms. The summed E-state index contributed by atoms with van der Waals surface area (Å²) in [5.41, 5.74) is 0. The maximum absolute atomic E-state index is 11.7. The number of hydrogen-bond donors (Lipinski definition) is 1. The number of likely N-dealkylation sites (tertiary alicyclic amines) is 1. The Bertz CT molecular complexity index is 472. The van der Waals surface area contributed by atoms with Crippen molar-refractivity contribution in [1.29, 1.82) is 0 Å². The standard InChI is InChI=1S/C16H28N4O2/c1-4-6-15-18-14(19-22-15)11-20-8-5-7-13(10-20)9-17-16(21)12(2)3/h12-13H,4-11H2,1-3H3,(H,17,21). The summed E-state index contributed by atoms with van der Waals surface area (Å²) >= 11 is 0. The Morgan fingerprint density at radius 3 is 3.05 bits per heavy atom. The van der Waals surface area contributed by atoms with Crippen LogP contribution < -0.4 is 5.32 Å². The Balaban J connectivity index is 1.78. The second-order valence-corrected chi connectivity index (χ2v) is 6.50. The van der Waals surface area contributed by atoms with E-state index in [9.17, 15) is 4.79 Å². The second-order valence-electron chi connectivity index (χ2n) is 6.50. The molecule has 1 aromatic heterocycles. The molecule has 1 aliphatic heterocycles. The molecule has 2 rings (SSSR count). The van der Waals surface area contributed by atoms with Crippen molar-refractivity contribution in [2.45, 2.75) is 53.0 Å². The highest BCUT2D eigenvalue weighted by molar-refractivity contribution is 5.77. The molecule has 1 saturated heterocycles. The number of carbonyl (C=O) groups excluding carboxylic acids is 1. The number of hydrogen-bond acceptors (Lipinski definition) is 5. The fourth-order valence-corrected chi connectivity index (χ4v) is 2.78. The van der Waals surface area contributed by atoms with Gasteiger partial charge in [-0.3, -0.25) is 9.69 Å². The van der Waals surface area contributed by atoms with Crippen LogP contribution in [-0.4, -0.2) is 40.6 Å². The molecule has 2 heterocycles. The maximum Gasteiger partial charge on any atom is 0.226 e. The van der Waals surface area contributed by atoms with Crippen LogP contribution in [0.2, 0.25) is 0 Å². The van der Waals surface area contributed by atoms with E-state index in [0.29, 0.717) is 5.92 Å². The number of rotatable bonds is 7. The summed E-state index contributed by atoms with van der Waals surface area (Å²) < 4.78 is 5.23. The van der Waals surface area contributed by atoms with Gasteiger partial charge in [-0.2, -0.15) is 4.98 Å². The van der Waals surface area contributed by atoms with Crippen molar-refractivity contribution in [1.82, 2.24) is 20.4 Å². The summed E-state index contributed by atoms with van der Waals surface area (Å²) in [6, 6.07) is 0. The van der Waals surface area contributed by atoms with Gasteiger partial charge in [0.2, 0.25) is 11.8 Å². The summed E-state index contributed by atoms with van der Waals surface area (Å²) in [5, 5.41) is 7.10. The van der Waals surface area contributed by atoms with Crippen LogP contribution in [0, 0.1) is 11.8 Å². The van der Waals surface area contributed by atoms with Crippen molar-refractivity contribution in [3.05, 3.63) is 11.7 Å². The van der Waals surface area contributed by atoms with Crippen LogP contribution >= 0.6 is 0 Å². The molecule has 124 valence electrons.